The maximum atomic E-state index is 0. The molecule has 12 heavy (non-hydrogen) atoms. The molecule has 0 aliphatic carbocycles. The van der Waals surface area contributed by atoms with Crippen LogP contribution in [0.1, 0.15) is 0 Å². The van der Waals surface area contributed by atoms with Crippen LogP contribution in [0.2, 0.25) is 0 Å². The van der Waals surface area contributed by atoms with Crippen LogP contribution in [0.3, 0.4) is 0 Å². The van der Waals surface area contributed by atoms with E-state index in [2.05, 4.69) is 0 Å². The van der Waals surface area contributed by atoms with E-state index in [0.717, 1.165) is 0 Å². The molecule has 0 atom stereocenters. The van der Waals surface area contributed by atoms with E-state index in [-0.39, 0.29) is 249 Å². The molecule has 16 N–H and O–H groups in total. The number of hydrogen-bond acceptors (Lipinski definition) is 0. The Morgan fingerprint density at radius 1 is 0.167 bits per heavy atom. The first-order valence-electron chi connectivity index (χ1n) is 0. The molecule has 0 aromatic carbocycles. The van der Waals surface area contributed by atoms with Gasteiger partial charge < -0.3 is 43.8 Å². The zero-order valence-electron chi connectivity index (χ0n) is 4.00. The van der Waals surface area contributed by atoms with Crippen LogP contribution in [0.25, 0.3) is 0 Å². The van der Waals surface area contributed by atoms with E-state index in [4.69, 9.17) is 0 Å². The van der Waals surface area contributed by atoms with Crippen LogP contribution in [0.4, 0.5) is 0 Å². The van der Waals surface area contributed by atoms with Gasteiger partial charge in [0.25, 0.3) is 0 Å². The predicted molar refractivity (Wildman–Crippen MR) is 57.5 cm³/mol. The van der Waals surface area contributed by atoms with Crippen molar-refractivity contribution in [1.82, 2.24) is 0 Å². The second kappa shape index (κ2) is 117. The first-order chi connectivity index (χ1) is 0. The summed E-state index contributed by atoms with van der Waals surface area (Å²) in [7, 11) is 0. The van der Waals surface area contributed by atoms with E-state index < -0.39 is 0 Å². The third-order valence-corrected chi connectivity index (χ3v) is 0. The molecule has 8 nitrogen and oxygen atoms in total. The van der Waals surface area contributed by atoms with Gasteiger partial charge in [-0.3, -0.25) is 0 Å². The van der Waals surface area contributed by atoms with Gasteiger partial charge in [-0.1, -0.05) is 0 Å². The van der Waals surface area contributed by atoms with E-state index in [9.17, 15) is 0 Å². The van der Waals surface area contributed by atoms with Crippen LogP contribution in [0.15, 0.2) is 0 Å². The Kier molecular flexibility index (Phi) is 1360. The number of hydrogen-bond donors (Lipinski definition) is 0. The van der Waals surface area contributed by atoms with Crippen molar-refractivity contribution in [2.24, 2.45) is 0 Å². The molecule has 0 bridgehead atoms. The molecule has 0 aromatic heterocycles. The van der Waals surface area contributed by atoms with Crippen molar-refractivity contribution in [1.29, 1.82) is 0 Å². The zero-order chi connectivity index (χ0) is 0. The standard InChI is InChI=1S/4K.8H2O.4H/h;;;;8*1H2;;;;. The van der Waals surface area contributed by atoms with Crippen molar-refractivity contribution in [2.45, 2.75) is 0 Å². The summed E-state index contributed by atoms with van der Waals surface area (Å²) in [4.78, 5) is 0. The van der Waals surface area contributed by atoms with Crippen LogP contribution in [-0.4, -0.2) is 249 Å². The maximum absolute atomic E-state index is 0. The van der Waals surface area contributed by atoms with Gasteiger partial charge in [-0.2, -0.15) is 0 Å². The average molecular weight is 305 g/mol. The molecule has 0 spiro atoms. The van der Waals surface area contributed by atoms with E-state index in [1.54, 1.807) is 0 Å². The minimum atomic E-state index is 0. The van der Waals surface area contributed by atoms with Crippen molar-refractivity contribution in [3.63, 3.8) is 0 Å². The van der Waals surface area contributed by atoms with Gasteiger partial charge in [0.05, 0.1) is 0 Å². The van der Waals surface area contributed by atoms with Crippen LogP contribution in [0, 0.1) is 0 Å². The van der Waals surface area contributed by atoms with Gasteiger partial charge in [0.2, 0.25) is 0 Å². The summed E-state index contributed by atoms with van der Waals surface area (Å²) in [6.45, 7) is 0. The second-order valence-electron chi connectivity index (χ2n) is 0. The van der Waals surface area contributed by atoms with Crippen molar-refractivity contribution < 1.29 is 43.8 Å². The van der Waals surface area contributed by atoms with Crippen LogP contribution in [0.5, 0.6) is 0 Å². The van der Waals surface area contributed by atoms with Crippen molar-refractivity contribution >= 4 is 206 Å². The van der Waals surface area contributed by atoms with Crippen LogP contribution >= 0.6 is 0 Å². The normalized spacial score (nSPS) is 0. The Hall–Kier alpha value is 6.23. The molecule has 0 radical (unpaired) electrons. The number of rotatable bonds is 0. The summed E-state index contributed by atoms with van der Waals surface area (Å²) in [6, 6.07) is 0. The molecule has 0 aromatic rings. The molecule has 0 saturated heterocycles. The SMILES string of the molecule is O.O.O.O.O.O.O.O.[KH].[KH].[KH].[KH]. The Balaban J connectivity index is 0. The fourth-order valence-electron chi connectivity index (χ4n) is 0. The second-order valence-corrected chi connectivity index (χ2v) is 0. The van der Waals surface area contributed by atoms with Gasteiger partial charge in [0.15, 0.2) is 0 Å². The van der Waals surface area contributed by atoms with Gasteiger partial charge in [-0.25, -0.2) is 0 Å². The molecule has 0 aliphatic rings. The molecule has 0 amide bonds. The molecule has 0 aliphatic heterocycles. The van der Waals surface area contributed by atoms with Crippen molar-refractivity contribution in [3.05, 3.63) is 0 Å². The fraction of sp³-hybridized carbons (Fsp3) is 0. The zero-order valence-corrected chi connectivity index (χ0v) is 4.00. The Labute approximate surface area is 241 Å². The van der Waals surface area contributed by atoms with Gasteiger partial charge in [-0.15, -0.1) is 0 Å². The monoisotopic (exact) mass is 304 g/mol. The third-order valence-electron chi connectivity index (χ3n) is 0. The van der Waals surface area contributed by atoms with Crippen LogP contribution < -0.4 is 0 Å². The average Bonchev–Trinajstić information content (AvgIpc) is 0. The Morgan fingerprint density at radius 3 is 0.167 bits per heavy atom. The van der Waals surface area contributed by atoms with E-state index in [1.807, 2.05) is 0 Å². The quantitative estimate of drug-likeness (QED) is 0.377. The summed E-state index contributed by atoms with van der Waals surface area (Å²) in [5, 5.41) is 0. The molecule has 12 heteroatoms. The first-order valence-corrected chi connectivity index (χ1v) is 0. The summed E-state index contributed by atoms with van der Waals surface area (Å²) >= 11 is 0. The van der Waals surface area contributed by atoms with Gasteiger partial charge >= 0.3 is 206 Å². The minimum absolute atomic E-state index is 0. The van der Waals surface area contributed by atoms with E-state index >= 15 is 0 Å². The van der Waals surface area contributed by atoms with E-state index in [0.29, 0.717) is 0 Å². The molecule has 0 fully saturated rings. The third kappa shape index (κ3) is 97.0. The molecule has 0 rings (SSSR count). The molecule has 0 saturated carbocycles. The van der Waals surface area contributed by atoms with Gasteiger partial charge in [-0.05, 0) is 0 Å². The van der Waals surface area contributed by atoms with Crippen molar-refractivity contribution in [3.8, 4) is 0 Å². The first kappa shape index (κ1) is 140. The molecular weight excluding hydrogens is 284 g/mol. The Morgan fingerprint density at radius 2 is 0.167 bits per heavy atom. The van der Waals surface area contributed by atoms with Gasteiger partial charge in [0, 0.05) is 0 Å². The Bertz CT molecular complexity index is 11.0. The van der Waals surface area contributed by atoms with Gasteiger partial charge in [0.1, 0.15) is 0 Å². The molecular formula is H20K4O8. The molecule has 0 unspecified atom stereocenters. The van der Waals surface area contributed by atoms with E-state index in [1.165, 1.54) is 0 Å². The summed E-state index contributed by atoms with van der Waals surface area (Å²) < 4.78 is 0. The van der Waals surface area contributed by atoms with Crippen LogP contribution in [-0.2, 0) is 0 Å². The predicted octanol–water partition coefficient (Wildman–Crippen LogP) is -9.19. The van der Waals surface area contributed by atoms with Crippen molar-refractivity contribution in [2.75, 3.05) is 0 Å². The summed E-state index contributed by atoms with van der Waals surface area (Å²) in [6.07, 6.45) is 0. The summed E-state index contributed by atoms with van der Waals surface area (Å²) in [5.74, 6) is 0. The fourth-order valence-corrected chi connectivity index (χ4v) is 0. The molecule has 72 valence electrons. The topological polar surface area (TPSA) is 252 Å². The molecule has 0 heterocycles. The summed E-state index contributed by atoms with van der Waals surface area (Å²) in [5.41, 5.74) is 0.